The van der Waals surface area contributed by atoms with Gasteiger partial charge in [0.15, 0.2) is 0 Å². The first-order valence-electron chi connectivity index (χ1n) is 2.06. The third kappa shape index (κ3) is 3.45. The summed E-state index contributed by atoms with van der Waals surface area (Å²) in [5, 5.41) is 0. The van der Waals surface area contributed by atoms with Crippen LogP contribution in [0.1, 0.15) is 20.8 Å². The van der Waals surface area contributed by atoms with Gasteiger partial charge in [0.25, 0.3) is 11.9 Å². The molecule has 0 aromatic carbocycles. The van der Waals surface area contributed by atoms with Crippen LogP contribution < -0.4 is 4.67 Å². The Kier molecular flexibility index (Phi) is 2.43. The molecule has 0 aromatic heterocycles. The summed E-state index contributed by atoms with van der Waals surface area (Å²) in [7, 11) is 0. The number of hydrogen-bond donors (Lipinski definition) is 0. The maximum Gasteiger partial charge on any atom is 0.274 e. The van der Waals surface area contributed by atoms with Crippen molar-refractivity contribution in [2.45, 2.75) is 20.8 Å². The minimum atomic E-state index is 1.11. The Morgan fingerprint density at radius 1 is 1.50 bits per heavy atom. The Morgan fingerprint density at radius 2 is 2.00 bits per heavy atom. The average molecular weight is 84.1 g/mol. The highest BCUT2D eigenvalue weighted by atomic mass is 14.5. The molecule has 34 valence electrons. The van der Waals surface area contributed by atoms with E-state index in [1.807, 2.05) is 20.8 Å². The minimum absolute atomic E-state index is 1.11. The highest BCUT2D eigenvalue weighted by molar-refractivity contribution is 5.80. The van der Waals surface area contributed by atoms with Gasteiger partial charge < -0.3 is 0 Å². The normalized spacial score (nSPS) is 6.50. The summed E-state index contributed by atoms with van der Waals surface area (Å²) in [6.45, 7) is 5.85. The lowest BCUT2D eigenvalue weighted by atomic mass is 10.5. The molecule has 1 nitrogen and oxygen atoms in total. The van der Waals surface area contributed by atoms with E-state index < -0.39 is 0 Å². The zero-order chi connectivity index (χ0) is 4.99. The Morgan fingerprint density at radius 3 is 2.00 bits per heavy atom. The van der Waals surface area contributed by atoms with Crippen LogP contribution in [-0.2, 0) is 0 Å². The SMILES string of the molecule is CC=[N+]=C(C)C. The van der Waals surface area contributed by atoms with Crippen molar-refractivity contribution in [2.75, 3.05) is 0 Å². The monoisotopic (exact) mass is 84.1 g/mol. The lowest BCUT2D eigenvalue weighted by molar-refractivity contribution is 1.56. The van der Waals surface area contributed by atoms with E-state index in [0.29, 0.717) is 0 Å². The molecule has 1 heteroatoms. The standard InChI is InChI=1S/C5H10N/c1-4-6-5(2)3/h4H,1-3H3/q+1. The number of rotatable bonds is 0. The van der Waals surface area contributed by atoms with E-state index in [4.69, 9.17) is 0 Å². The summed E-state index contributed by atoms with van der Waals surface area (Å²) < 4.78 is 3.92. The molecule has 0 saturated heterocycles. The number of hydrogen-bond acceptors (Lipinski definition) is 0. The first kappa shape index (κ1) is 5.45. The van der Waals surface area contributed by atoms with Gasteiger partial charge in [-0.05, 0) is 0 Å². The molecule has 0 amide bonds. The van der Waals surface area contributed by atoms with Crippen LogP contribution in [-0.4, -0.2) is 11.9 Å². The fourth-order valence-corrected chi connectivity index (χ4v) is 0.258. The van der Waals surface area contributed by atoms with Crippen molar-refractivity contribution in [3.8, 4) is 0 Å². The van der Waals surface area contributed by atoms with Gasteiger partial charge in [-0.15, -0.1) is 4.67 Å². The van der Waals surface area contributed by atoms with Crippen LogP contribution >= 0.6 is 0 Å². The average Bonchev–Trinajstić information content (AvgIpc) is 1.35. The molecule has 0 aliphatic heterocycles. The van der Waals surface area contributed by atoms with Gasteiger partial charge in [0, 0.05) is 20.8 Å². The largest absolute Gasteiger partial charge is 0.274 e. The second kappa shape index (κ2) is 2.67. The quantitative estimate of drug-likeness (QED) is 0.302. The summed E-state index contributed by atoms with van der Waals surface area (Å²) in [6.07, 6.45) is 1.79. The van der Waals surface area contributed by atoms with Crippen molar-refractivity contribution in [2.24, 2.45) is 0 Å². The van der Waals surface area contributed by atoms with Crippen molar-refractivity contribution >= 4 is 11.9 Å². The summed E-state index contributed by atoms with van der Waals surface area (Å²) in [5.41, 5.74) is 1.11. The maximum absolute atomic E-state index is 3.92. The molecule has 0 fully saturated rings. The summed E-state index contributed by atoms with van der Waals surface area (Å²) in [6, 6.07) is 0. The van der Waals surface area contributed by atoms with Gasteiger partial charge in [-0.2, -0.15) is 0 Å². The molecule has 0 rings (SSSR count). The molecule has 6 heavy (non-hydrogen) atoms. The van der Waals surface area contributed by atoms with E-state index in [9.17, 15) is 0 Å². The molecule has 0 radical (unpaired) electrons. The van der Waals surface area contributed by atoms with Crippen LogP contribution in [0.25, 0.3) is 0 Å². The van der Waals surface area contributed by atoms with Gasteiger partial charge in [0.1, 0.15) is 0 Å². The summed E-state index contributed by atoms with van der Waals surface area (Å²) in [5.74, 6) is 0. The Bertz CT molecular complexity index is 82.1. The van der Waals surface area contributed by atoms with E-state index in [1.54, 1.807) is 6.21 Å². The third-order valence-corrected chi connectivity index (χ3v) is 0.387. The first-order valence-corrected chi connectivity index (χ1v) is 2.06. The van der Waals surface area contributed by atoms with Crippen molar-refractivity contribution in [3.63, 3.8) is 0 Å². The van der Waals surface area contributed by atoms with Crippen LogP contribution in [0.2, 0.25) is 0 Å². The van der Waals surface area contributed by atoms with E-state index >= 15 is 0 Å². The smallest absolute Gasteiger partial charge is 0.108 e. The molecule has 0 N–H and O–H groups in total. The van der Waals surface area contributed by atoms with Crippen LogP contribution in [0.5, 0.6) is 0 Å². The third-order valence-electron chi connectivity index (χ3n) is 0.387. The zero-order valence-corrected chi connectivity index (χ0v) is 4.52. The van der Waals surface area contributed by atoms with Gasteiger partial charge in [0.05, 0.1) is 0 Å². The Balaban J connectivity index is 3.73. The molecule has 0 atom stereocenters. The van der Waals surface area contributed by atoms with Crippen molar-refractivity contribution < 1.29 is 0 Å². The molecule has 0 heterocycles. The van der Waals surface area contributed by atoms with Crippen LogP contribution in [0.4, 0.5) is 0 Å². The Hall–Kier alpha value is -0.550. The molecule has 0 aliphatic carbocycles. The predicted octanol–water partition coefficient (Wildman–Crippen LogP) is 0.625. The fourth-order valence-electron chi connectivity index (χ4n) is 0.258. The van der Waals surface area contributed by atoms with Gasteiger partial charge >= 0.3 is 0 Å². The van der Waals surface area contributed by atoms with Crippen molar-refractivity contribution in [1.82, 2.24) is 4.67 Å². The first-order chi connectivity index (χ1) is 2.77. The highest BCUT2D eigenvalue weighted by Crippen LogP contribution is 1.51. The molecule has 0 unspecified atom stereocenters. The van der Waals surface area contributed by atoms with E-state index in [-0.39, 0.29) is 0 Å². The lowest BCUT2D eigenvalue weighted by Crippen LogP contribution is -1.84. The lowest BCUT2D eigenvalue weighted by Gasteiger charge is -1.52. The Labute approximate surface area is 38.4 Å². The molecule has 0 aliphatic rings. The second-order valence-corrected chi connectivity index (χ2v) is 1.33. The predicted molar refractivity (Wildman–Crippen MR) is 30.2 cm³/mol. The molecular formula is C5H10N+. The van der Waals surface area contributed by atoms with Crippen molar-refractivity contribution in [1.29, 1.82) is 0 Å². The van der Waals surface area contributed by atoms with Gasteiger partial charge in [-0.25, -0.2) is 0 Å². The second-order valence-electron chi connectivity index (χ2n) is 1.33. The molecule has 0 aromatic rings. The van der Waals surface area contributed by atoms with Crippen molar-refractivity contribution in [3.05, 3.63) is 0 Å². The van der Waals surface area contributed by atoms with Gasteiger partial charge in [0.2, 0.25) is 0 Å². The van der Waals surface area contributed by atoms with Crippen LogP contribution in [0.3, 0.4) is 0 Å². The maximum atomic E-state index is 3.92. The zero-order valence-electron chi connectivity index (χ0n) is 4.52. The van der Waals surface area contributed by atoms with E-state index in [1.165, 1.54) is 0 Å². The fraction of sp³-hybridized carbons (Fsp3) is 0.600. The van der Waals surface area contributed by atoms with E-state index in [0.717, 1.165) is 5.71 Å². The highest BCUT2D eigenvalue weighted by Gasteiger charge is 1.79. The summed E-state index contributed by atoms with van der Waals surface area (Å²) >= 11 is 0. The topological polar surface area (TPSA) is 14.1 Å². The molecule has 0 bridgehead atoms. The summed E-state index contributed by atoms with van der Waals surface area (Å²) in [4.78, 5) is 0. The van der Waals surface area contributed by atoms with Crippen LogP contribution in [0, 0.1) is 0 Å². The number of nitrogens with zero attached hydrogens (tertiary/aromatic N) is 1. The molecule has 0 saturated carbocycles. The van der Waals surface area contributed by atoms with E-state index in [2.05, 4.69) is 4.67 Å². The van der Waals surface area contributed by atoms with Crippen LogP contribution in [0.15, 0.2) is 0 Å². The molecule has 0 spiro atoms. The minimum Gasteiger partial charge on any atom is -0.108 e. The van der Waals surface area contributed by atoms with Gasteiger partial charge in [-0.1, -0.05) is 0 Å². The molecular weight excluding hydrogens is 74.1 g/mol. The van der Waals surface area contributed by atoms with Gasteiger partial charge in [-0.3, -0.25) is 0 Å².